The lowest BCUT2D eigenvalue weighted by Gasteiger charge is -2.26. The van der Waals surface area contributed by atoms with Gasteiger partial charge >= 0.3 is 6.18 Å². The first-order valence-corrected chi connectivity index (χ1v) is 5.95. The SMILES string of the molecule is COc1cccc(CCNC(=O)C(C)(N)C(F)(F)F)c1. The van der Waals surface area contributed by atoms with Crippen LogP contribution in [0.5, 0.6) is 5.75 Å². The number of alkyl halides is 3. The third kappa shape index (κ3) is 3.86. The summed E-state index contributed by atoms with van der Waals surface area (Å²) >= 11 is 0. The van der Waals surface area contributed by atoms with Crippen molar-refractivity contribution in [3.05, 3.63) is 29.8 Å². The molecule has 0 fully saturated rings. The quantitative estimate of drug-likeness (QED) is 0.866. The third-order valence-corrected chi connectivity index (χ3v) is 2.89. The largest absolute Gasteiger partial charge is 0.497 e. The predicted molar refractivity (Wildman–Crippen MR) is 68.4 cm³/mol. The van der Waals surface area contributed by atoms with E-state index in [2.05, 4.69) is 5.32 Å². The Kier molecular flexibility index (Phi) is 4.99. The molecule has 0 aliphatic heterocycles. The van der Waals surface area contributed by atoms with Crippen LogP contribution in [-0.2, 0) is 11.2 Å². The number of hydrogen-bond acceptors (Lipinski definition) is 3. The molecule has 0 radical (unpaired) electrons. The van der Waals surface area contributed by atoms with Crippen molar-refractivity contribution in [1.82, 2.24) is 5.32 Å². The fraction of sp³-hybridized carbons (Fsp3) is 0.462. The molecule has 0 heterocycles. The Bertz CT molecular complexity index is 473. The van der Waals surface area contributed by atoms with E-state index in [0.717, 1.165) is 5.56 Å². The van der Waals surface area contributed by atoms with Crippen LogP contribution in [0, 0.1) is 0 Å². The lowest BCUT2D eigenvalue weighted by molar-refractivity contribution is -0.187. The third-order valence-electron chi connectivity index (χ3n) is 2.89. The topological polar surface area (TPSA) is 64.3 Å². The highest BCUT2D eigenvalue weighted by Crippen LogP contribution is 2.27. The Morgan fingerprint density at radius 3 is 2.60 bits per heavy atom. The molecule has 0 saturated heterocycles. The highest BCUT2D eigenvalue weighted by molar-refractivity contribution is 5.86. The fourth-order valence-electron chi connectivity index (χ4n) is 1.46. The maximum absolute atomic E-state index is 12.5. The van der Waals surface area contributed by atoms with Gasteiger partial charge in [0.05, 0.1) is 7.11 Å². The van der Waals surface area contributed by atoms with Crippen LogP contribution in [0.2, 0.25) is 0 Å². The standard InChI is InChI=1S/C13H17F3N2O2/c1-12(17,13(14,15)16)11(19)18-7-6-9-4-3-5-10(8-9)20-2/h3-5,8H,6-7,17H2,1-2H3,(H,18,19). The monoisotopic (exact) mass is 290 g/mol. The van der Waals surface area contributed by atoms with Gasteiger partial charge in [0.2, 0.25) is 5.91 Å². The summed E-state index contributed by atoms with van der Waals surface area (Å²) in [7, 11) is 1.52. The van der Waals surface area contributed by atoms with Crippen LogP contribution < -0.4 is 15.8 Å². The zero-order valence-corrected chi connectivity index (χ0v) is 11.3. The van der Waals surface area contributed by atoms with E-state index >= 15 is 0 Å². The molecule has 7 heteroatoms. The maximum Gasteiger partial charge on any atom is 0.415 e. The van der Waals surface area contributed by atoms with Gasteiger partial charge in [0.15, 0.2) is 5.54 Å². The first-order chi connectivity index (χ1) is 9.18. The average molecular weight is 290 g/mol. The Morgan fingerprint density at radius 2 is 2.05 bits per heavy atom. The molecule has 1 aromatic rings. The van der Waals surface area contributed by atoms with E-state index in [9.17, 15) is 18.0 Å². The van der Waals surface area contributed by atoms with Gasteiger partial charge in [0.25, 0.3) is 0 Å². The molecular formula is C13H17F3N2O2. The maximum atomic E-state index is 12.5. The molecule has 1 atom stereocenters. The lowest BCUT2D eigenvalue weighted by atomic mass is 10.0. The molecule has 1 amide bonds. The number of halogens is 3. The minimum atomic E-state index is -4.78. The van der Waals surface area contributed by atoms with Gasteiger partial charge in [-0.3, -0.25) is 4.79 Å². The number of nitrogens with two attached hydrogens (primary N) is 1. The molecule has 0 aliphatic rings. The van der Waals surface area contributed by atoms with Crippen molar-refractivity contribution in [2.45, 2.75) is 25.1 Å². The molecule has 1 unspecified atom stereocenters. The summed E-state index contributed by atoms with van der Waals surface area (Å²) in [6.07, 6.45) is -4.40. The van der Waals surface area contributed by atoms with Crippen molar-refractivity contribution in [3.63, 3.8) is 0 Å². The molecule has 4 nitrogen and oxygen atoms in total. The van der Waals surface area contributed by atoms with Crippen LogP contribution in [0.1, 0.15) is 12.5 Å². The van der Waals surface area contributed by atoms with Crippen LogP contribution in [0.4, 0.5) is 13.2 Å². The zero-order chi connectivity index (χ0) is 15.4. The van der Waals surface area contributed by atoms with Crippen molar-refractivity contribution in [2.24, 2.45) is 5.73 Å². The van der Waals surface area contributed by atoms with E-state index in [1.807, 2.05) is 0 Å². The van der Waals surface area contributed by atoms with E-state index < -0.39 is 17.6 Å². The molecule has 0 aromatic heterocycles. The summed E-state index contributed by atoms with van der Waals surface area (Å²) in [5, 5.41) is 2.19. The van der Waals surface area contributed by atoms with Crippen molar-refractivity contribution in [2.75, 3.05) is 13.7 Å². The van der Waals surface area contributed by atoms with Gasteiger partial charge < -0.3 is 15.8 Å². The van der Waals surface area contributed by atoms with Crippen molar-refractivity contribution >= 4 is 5.91 Å². The van der Waals surface area contributed by atoms with Gasteiger partial charge in [-0.05, 0) is 31.0 Å². The highest BCUT2D eigenvalue weighted by atomic mass is 19.4. The van der Waals surface area contributed by atoms with E-state index in [1.165, 1.54) is 7.11 Å². The molecule has 112 valence electrons. The summed E-state index contributed by atoms with van der Waals surface area (Å²) in [6.45, 7) is 0.711. The average Bonchev–Trinajstić information content (AvgIpc) is 2.37. The van der Waals surface area contributed by atoms with Crippen LogP contribution in [-0.4, -0.2) is 31.3 Å². The normalized spacial score (nSPS) is 14.5. The number of carbonyl (C=O) groups is 1. The van der Waals surface area contributed by atoms with E-state index in [-0.39, 0.29) is 6.54 Å². The van der Waals surface area contributed by atoms with Crippen LogP contribution in [0.25, 0.3) is 0 Å². The number of carbonyl (C=O) groups excluding carboxylic acids is 1. The molecule has 1 rings (SSSR count). The molecule has 0 saturated carbocycles. The van der Waals surface area contributed by atoms with E-state index in [0.29, 0.717) is 19.1 Å². The highest BCUT2D eigenvalue weighted by Gasteiger charge is 2.53. The second-order valence-electron chi connectivity index (χ2n) is 4.56. The summed E-state index contributed by atoms with van der Waals surface area (Å²) in [5.74, 6) is -0.597. The van der Waals surface area contributed by atoms with Crippen molar-refractivity contribution < 1.29 is 22.7 Å². The fourth-order valence-corrected chi connectivity index (χ4v) is 1.46. The Hall–Kier alpha value is -1.76. The van der Waals surface area contributed by atoms with Gasteiger partial charge in [0.1, 0.15) is 5.75 Å². The van der Waals surface area contributed by atoms with Gasteiger partial charge in [0, 0.05) is 6.54 Å². The number of hydrogen-bond donors (Lipinski definition) is 2. The summed E-state index contributed by atoms with van der Waals surface area (Å²) in [4.78, 5) is 11.4. The first-order valence-electron chi connectivity index (χ1n) is 5.95. The summed E-state index contributed by atoms with van der Waals surface area (Å²) in [6, 6.07) is 7.05. The van der Waals surface area contributed by atoms with E-state index in [4.69, 9.17) is 10.5 Å². The molecule has 1 aromatic carbocycles. The van der Waals surface area contributed by atoms with Gasteiger partial charge in [-0.2, -0.15) is 13.2 Å². The number of ether oxygens (including phenoxy) is 1. The number of benzene rings is 1. The minimum absolute atomic E-state index is 0.0644. The van der Waals surface area contributed by atoms with Crippen LogP contribution in [0.3, 0.4) is 0 Å². The Balaban J connectivity index is 2.54. The summed E-state index contributed by atoms with van der Waals surface area (Å²) < 4.78 is 42.6. The number of rotatable bonds is 5. The Labute approximate surface area is 115 Å². The number of methoxy groups -OCH3 is 1. The van der Waals surface area contributed by atoms with Gasteiger partial charge in [-0.1, -0.05) is 12.1 Å². The predicted octanol–water partition coefficient (Wildman–Crippen LogP) is 1.63. The van der Waals surface area contributed by atoms with Gasteiger partial charge in [-0.25, -0.2) is 0 Å². The second kappa shape index (κ2) is 6.13. The minimum Gasteiger partial charge on any atom is -0.497 e. The lowest BCUT2D eigenvalue weighted by Crippen LogP contribution is -2.61. The van der Waals surface area contributed by atoms with Crippen LogP contribution in [0.15, 0.2) is 24.3 Å². The molecule has 20 heavy (non-hydrogen) atoms. The number of nitrogens with one attached hydrogen (secondary N) is 1. The molecule has 0 bridgehead atoms. The van der Waals surface area contributed by atoms with Crippen molar-refractivity contribution in [1.29, 1.82) is 0 Å². The van der Waals surface area contributed by atoms with Crippen molar-refractivity contribution in [3.8, 4) is 5.75 Å². The molecule has 0 spiro atoms. The van der Waals surface area contributed by atoms with Crippen LogP contribution >= 0.6 is 0 Å². The second-order valence-corrected chi connectivity index (χ2v) is 4.56. The molecular weight excluding hydrogens is 273 g/mol. The van der Waals surface area contributed by atoms with Gasteiger partial charge in [-0.15, -0.1) is 0 Å². The molecule has 3 N–H and O–H groups in total. The zero-order valence-electron chi connectivity index (χ0n) is 11.3. The first kappa shape index (κ1) is 16.3. The Morgan fingerprint density at radius 1 is 1.40 bits per heavy atom. The molecule has 0 aliphatic carbocycles. The summed E-state index contributed by atoms with van der Waals surface area (Å²) in [5.41, 5.74) is 2.96. The smallest absolute Gasteiger partial charge is 0.415 e. The van der Waals surface area contributed by atoms with E-state index in [1.54, 1.807) is 24.3 Å². The number of amides is 1.